The monoisotopic (exact) mass is 268 g/mol. The number of carboxylic acid groups (broad SMARTS) is 1. The third kappa shape index (κ3) is 2.09. The van der Waals surface area contributed by atoms with E-state index in [1.54, 1.807) is 18.2 Å². The van der Waals surface area contributed by atoms with Crippen molar-refractivity contribution in [3.05, 3.63) is 54.4 Å². The maximum atomic E-state index is 11.0. The van der Waals surface area contributed by atoms with E-state index in [0.717, 1.165) is 16.9 Å². The molecule has 0 saturated carbocycles. The van der Waals surface area contributed by atoms with Crippen molar-refractivity contribution in [1.82, 2.24) is 4.98 Å². The Balaban J connectivity index is 2.00. The van der Waals surface area contributed by atoms with Gasteiger partial charge in [0.05, 0.1) is 5.56 Å². The van der Waals surface area contributed by atoms with Gasteiger partial charge in [-0.3, -0.25) is 0 Å². The number of hydrogen-bond acceptors (Lipinski definition) is 4. The summed E-state index contributed by atoms with van der Waals surface area (Å²) in [4.78, 5) is 17.0. The highest BCUT2D eigenvalue weighted by Gasteiger charge is 2.09. The molecule has 1 aromatic heterocycles. The summed E-state index contributed by atoms with van der Waals surface area (Å²) in [5.74, 6) is -0.939. The number of oxazole rings is 1. The molecule has 1 N–H and O–H groups in total. The van der Waals surface area contributed by atoms with E-state index in [1.807, 2.05) is 36.2 Å². The molecule has 20 heavy (non-hydrogen) atoms. The first-order valence-corrected chi connectivity index (χ1v) is 6.05. The van der Waals surface area contributed by atoms with E-state index in [-0.39, 0.29) is 5.56 Å². The molecule has 0 fully saturated rings. The molecule has 5 nitrogen and oxygen atoms in total. The molecule has 3 aromatic rings. The maximum Gasteiger partial charge on any atom is 0.335 e. The first-order valence-electron chi connectivity index (χ1n) is 6.05. The largest absolute Gasteiger partial charge is 0.478 e. The Morgan fingerprint density at radius 3 is 2.80 bits per heavy atom. The van der Waals surface area contributed by atoms with Crippen molar-refractivity contribution in [3.8, 4) is 0 Å². The van der Waals surface area contributed by atoms with Crippen LogP contribution >= 0.6 is 0 Å². The Kier molecular flexibility index (Phi) is 2.87. The van der Waals surface area contributed by atoms with Gasteiger partial charge in [-0.1, -0.05) is 6.07 Å². The fourth-order valence-electron chi connectivity index (χ4n) is 2.05. The molecular formula is C15H12N2O3. The Hall–Kier alpha value is -2.82. The highest BCUT2D eigenvalue weighted by atomic mass is 16.4. The molecule has 0 aliphatic rings. The Bertz CT molecular complexity index is 779. The number of benzene rings is 2. The van der Waals surface area contributed by atoms with Crippen LogP contribution in [0.4, 0.5) is 11.4 Å². The van der Waals surface area contributed by atoms with Gasteiger partial charge < -0.3 is 14.4 Å². The lowest BCUT2D eigenvalue weighted by Gasteiger charge is -2.19. The topological polar surface area (TPSA) is 66.6 Å². The van der Waals surface area contributed by atoms with Crippen molar-refractivity contribution in [2.24, 2.45) is 0 Å². The van der Waals surface area contributed by atoms with Crippen LogP contribution in [-0.4, -0.2) is 23.1 Å². The van der Waals surface area contributed by atoms with Crippen LogP contribution in [0.2, 0.25) is 0 Å². The Labute approximate surface area is 115 Å². The number of carboxylic acids is 1. The van der Waals surface area contributed by atoms with Crippen LogP contribution in [0.15, 0.2) is 53.3 Å². The molecule has 0 aliphatic carbocycles. The first kappa shape index (κ1) is 12.2. The molecule has 3 rings (SSSR count). The van der Waals surface area contributed by atoms with E-state index in [4.69, 9.17) is 9.52 Å². The fraction of sp³-hybridized carbons (Fsp3) is 0.0667. The second-order valence-corrected chi connectivity index (χ2v) is 4.42. The van der Waals surface area contributed by atoms with Crippen LogP contribution in [0.3, 0.4) is 0 Å². The van der Waals surface area contributed by atoms with E-state index in [9.17, 15) is 4.79 Å². The fourth-order valence-corrected chi connectivity index (χ4v) is 2.05. The number of aromatic carboxylic acids is 1. The second-order valence-electron chi connectivity index (χ2n) is 4.42. The third-order valence-electron chi connectivity index (χ3n) is 3.18. The van der Waals surface area contributed by atoms with Crippen molar-refractivity contribution < 1.29 is 14.3 Å². The SMILES string of the molecule is CN(c1cccc(C(=O)O)c1)c1ccc2ncoc2c1. The number of nitrogens with zero attached hydrogens (tertiary/aromatic N) is 2. The number of fused-ring (bicyclic) bond motifs is 1. The Morgan fingerprint density at radius 2 is 2.00 bits per heavy atom. The van der Waals surface area contributed by atoms with Gasteiger partial charge >= 0.3 is 5.97 Å². The number of anilines is 2. The zero-order valence-corrected chi connectivity index (χ0v) is 10.8. The van der Waals surface area contributed by atoms with Gasteiger partial charge in [-0.2, -0.15) is 0 Å². The summed E-state index contributed by atoms with van der Waals surface area (Å²) in [7, 11) is 1.87. The van der Waals surface area contributed by atoms with Crippen LogP contribution in [0, 0.1) is 0 Å². The summed E-state index contributed by atoms with van der Waals surface area (Å²) in [5.41, 5.74) is 3.45. The van der Waals surface area contributed by atoms with E-state index >= 15 is 0 Å². The Morgan fingerprint density at radius 1 is 1.20 bits per heavy atom. The van der Waals surface area contributed by atoms with E-state index in [0.29, 0.717) is 5.58 Å². The van der Waals surface area contributed by atoms with Gasteiger partial charge in [0.25, 0.3) is 0 Å². The van der Waals surface area contributed by atoms with Crippen molar-refractivity contribution in [2.75, 3.05) is 11.9 Å². The summed E-state index contributed by atoms with van der Waals surface area (Å²) < 4.78 is 5.27. The molecule has 0 bridgehead atoms. The summed E-state index contributed by atoms with van der Waals surface area (Å²) in [5, 5.41) is 9.03. The van der Waals surface area contributed by atoms with Crippen molar-refractivity contribution in [1.29, 1.82) is 0 Å². The highest BCUT2D eigenvalue weighted by molar-refractivity contribution is 5.89. The quantitative estimate of drug-likeness (QED) is 0.789. The number of aromatic nitrogens is 1. The lowest BCUT2D eigenvalue weighted by molar-refractivity contribution is 0.0697. The van der Waals surface area contributed by atoms with Crippen molar-refractivity contribution in [2.45, 2.75) is 0 Å². The normalized spacial score (nSPS) is 10.7. The van der Waals surface area contributed by atoms with Crippen molar-refractivity contribution >= 4 is 28.4 Å². The van der Waals surface area contributed by atoms with Crippen LogP contribution in [0.5, 0.6) is 0 Å². The standard InChI is InChI=1S/C15H12N2O3/c1-17(11-4-2-3-10(7-11)15(18)19)12-5-6-13-14(8-12)20-9-16-13/h2-9H,1H3,(H,18,19). The number of carbonyl (C=O) groups is 1. The predicted molar refractivity (Wildman–Crippen MR) is 75.5 cm³/mol. The molecule has 0 atom stereocenters. The average molecular weight is 268 g/mol. The van der Waals surface area contributed by atoms with Crippen LogP contribution in [0.1, 0.15) is 10.4 Å². The predicted octanol–water partition coefficient (Wildman–Crippen LogP) is 3.29. The maximum absolute atomic E-state index is 11.0. The van der Waals surface area contributed by atoms with Gasteiger partial charge in [0.1, 0.15) is 5.52 Å². The molecule has 0 radical (unpaired) electrons. The second kappa shape index (κ2) is 4.70. The van der Waals surface area contributed by atoms with Gasteiger partial charge in [-0.05, 0) is 30.3 Å². The summed E-state index contributed by atoms with van der Waals surface area (Å²) in [6.45, 7) is 0. The van der Waals surface area contributed by atoms with E-state index in [2.05, 4.69) is 4.98 Å². The van der Waals surface area contributed by atoms with Gasteiger partial charge in [0, 0.05) is 24.5 Å². The smallest absolute Gasteiger partial charge is 0.335 e. The molecule has 2 aromatic carbocycles. The van der Waals surface area contributed by atoms with Crippen LogP contribution < -0.4 is 4.90 Å². The minimum atomic E-state index is -0.939. The number of hydrogen-bond donors (Lipinski definition) is 1. The lowest BCUT2D eigenvalue weighted by Crippen LogP contribution is -2.10. The van der Waals surface area contributed by atoms with Gasteiger partial charge in [-0.25, -0.2) is 9.78 Å². The molecule has 5 heteroatoms. The highest BCUT2D eigenvalue weighted by Crippen LogP contribution is 2.27. The average Bonchev–Trinajstić information content (AvgIpc) is 2.94. The third-order valence-corrected chi connectivity index (χ3v) is 3.18. The summed E-state index contributed by atoms with van der Waals surface area (Å²) in [6.07, 6.45) is 1.40. The zero-order valence-electron chi connectivity index (χ0n) is 10.8. The molecule has 0 unspecified atom stereocenters. The molecule has 100 valence electrons. The number of rotatable bonds is 3. The summed E-state index contributed by atoms with van der Waals surface area (Å²) in [6, 6.07) is 12.4. The van der Waals surface area contributed by atoms with Crippen LogP contribution in [-0.2, 0) is 0 Å². The lowest BCUT2D eigenvalue weighted by atomic mass is 10.1. The van der Waals surface area contributed by atoms with Gasteiger partial charge in [0.2, 0.25) is 0 Å². The van der Waals surface area contributed by atoms with Crippen LogP contribution in [0.25, 0.3) is 11.1 Å². The minimum absolute atomic E-state index is 0.259. The van der Waals surface area contributed by atoms with E-state index in [1.165, 1.54) is 6.39 Å². The van der Waals surface area contributed by atoms with Crippen molar-refractivity contribution in [3.63, 3.8) is 0 Å². The van der Waals surface area contributed by atoms with Gasteiger partial charge in [-0.15, -0.1) is 0 Å². The molecular weight excluding hydrogens is 256 g/mol. The molecule has 0 aliphatic heterocycles. The molecule has 0 spiro atoms. The minimum Gasteiger partial charge on any atom is -0.478 e. The van der Waals surface area contributed by atoms with Gasteiger partial charge in [0.15, 0.2) is 12.0 Å². The first-order chi connectivity index (χ1) is 9.65. The summed E-state index contributed by atoms with van der Waals surface area (Å²) >= 11 is 0. The zero-order chi connectivity index (χ0) is 14.1. The molecule has 0 saturated heterocycles. The van der Waals surface area contributed by atoms with E-state index < -0.39 is 5.97 Å². The molecule has 0 amide bonds. The molecule has 1 heterocycles.